The van der Waals surface area contributed by atoms with Gasteiger partial charge in [-0.2, -0.15) is 0 Å². The molecule has 0 aliphatic carbocycles. The molecule has 1 N–H and O–H groups in total. The molecule has 3 aliphatic heterocycles. The number of fused-ring (bicyclic) bond motifs is 3. The molecule has 2 aromatic rings. The SMILES string of the molecule is Cc1cscc1Nc1ccc(OC2CN3CCC2CC3)cc1. The number of aryl methyl sites for hydroxylation is 1. The van der Waals surface area contributed by atoms with E-state index >= 15 is 0 Å². The molecular formula is C18H22N2OS. The van der Waals surface area contributed by atoms with Crippen molar-refractivity contribution in [3.8, 4) is 5.75 Å². The summed E-state index contributed by atoms with van der Waals surface area (Å²) in [7, 11) is 0. The lowest BCUT2D eigenvalue weighted by molar-refractivity contribution is -0.00775. The number of piperidine rings is 3. The number of nitrogens with zero attached hydrogens (tertiary/aromatic N) is 1. The standard InChI is InChI=1S/C18H22N2OS/c1-13-11-22-12-17(13)19-15-2-4-16(5-3-15)21-18-10-20-8-6-14(18)7-9-20/h2-5,11-12,14,18-19H,6-10H2,1H3. The second-order valence-corrected chi connectivity index (χ2v) is 7.16. The Morgan fingerprint density at radius 1 is 1.14 bits per heavy atom. The molecule has 4 heteroatoms. The molecule has 3 fully saturated rings. The van der Waals surface area contributed by atoms with E-state index < -0.39 is 0 Å². The van der Waals surface area contributed by atoms with Crippen molar-refractivity contribution >= 4 is 22.7 Å². The fourth-order valence-electron chi connectivity index (χ4n) is 3.48. The second kappa shape index (κ2) is 5.94. The summed E-state index contributed by atoms with van der Waals surface area (Å²) in [6.07, 6.45) is 2.96. The van der Waals surface area contributed by atoms with Crippen molar-refractivity contribution < 1.29 is 4.74 Å². The van der Waals surface area contributed by atoms with Crippen LogP contribution in [0.15, 0.2) is 35.0 Å². The predicted molar refractivity (Wildman–Crippen MR) is 92.4 cm³/mol. The third-order valence-corrected chi connectivity index (χ3v) is 5.73. The van der Waals surface area contributed by atoms with E-state index in [0.29, 0.717) is 6.10 Å². The van der Waals surface area contributed by atoms with Crippen molar-refractivity contribution in [2.24, 2.45) is 5.92 Å². The summed E-state index contributed by atoms with van der Waals surface area (Å²) in [4.78, 5) is 2.53. The van der Waals surface area contributed by atoms with E-state index in [9.17, 15) is 0 Å². The molecule has 0 saturated carbocycles. The Balaban J connectivity index is 1.40. The van der Waals surface area contributed by atoms with E-state index in [1.165, 1.54) is 37.2 Å². The second-order valence-electron chi connectivity index (χ2n) is 6.41. The van der Waals surface area contributed by atoms with Crippen molar-refractivity contribution in [1.29, 1.82) is 0 Å². The van der Waals surface area contributed by atoms with E-state index in [-0.39, 0.29) is 0 Å². The molecule has 3 nitrogen and oxygen atoms in total. The highest BCUT2D eigenvalue weighted by Crippen LogP contribution is 2.31. The maximum Gasteiger partial charge on any atom is 0.119 e. The van der Waals surface area contributed by atoms with Gasteiger partial charge in [-0.1, -0.05) is 0 Å². The summed E-state index contributed by atoms with van der Waals surface area (Å²) in [6, 6.07) is 8.38. The molecule has 5 rings (SSSR count). The third-order valence-electron chi connectivity index (χ3n) is 4.87. The lowest BCUT2D eigenvalue weighted by Gasteiger charge is -2.44. The number of anilines is 2. The summed E-state index contributed by atoms with van der Waals surface area (Å²) in [6.45, 7) is 5.74. The first kappa shape index (κ1) is 14.1. The van der Waals surface area contributed by atoms with Crippen molar-refractivity contribution in [1.82, 2.24) is 4.90 Å². The van der Waals surface area contributed by atoms with Crippen LogP contribution in [0.4, 0.5) is 11.4 Å². The van der Waals surface area contributed by atoms with Gasteiger partial charge in [-0.15, -0.1) is 11.3 Å². The Kier molecular flexibility index (Phi) is 3.80. The molecule has 1 unspecified atom stereocenters. The first-order chi connectivity index (χ1) is 10.8. The highest BCUT2D eigenvalue weighted by molar-refractivity contribution is 7.08. The Labute approximate surface area is 135 Å². The van der Waals surface area contributed by atoms with Gasteiger partial charge in [-0.25, -0.2) is 0 Å². The van der Waals surface area contributed by atoms with E-state index in [0.717, 1.165) is 23.9 Å². The monoisotopic (exact) mass is 314 g/mol. The summed E-state index contributed by atoms with van der Waals surface area (Å²) in [5.74, 6) is 1.74. The van der Waals surface area contributed by atoms with Crippen LogP contribution in [0.5, 0.6) is 5.75 Å². The van der Waals surface area contributed by atoms with Gasteiger partial charge in [0.05, 0.1) is 5.69 Å². The Hall–Kier alpha value is -1.52. The van der Waals surface area contributed by atoms with Gasteiger partial charge >= 0.3 is 0 Å². The molecule has 116 valence electrons. The number of nitrogens with one attached hydrogen (secondary N) is 1. The van der Waals surface area contributed by atoms with Crippen molar-refractivity contribution in [3.63, 3.8) is 0 Å². The molecule has 3 aliphatic rings. The number of hydrogen-bond acceptors (Lipinski definition) is 4. The molecule has 22 heavy (non-hydrogen) atoms. The van der Waals surface area contributed by atoms with Gasteiger partial charge in [-0.05, 0) is 74.0 Å². The van der Waals surface area contributed by atoms with Gasteiger partial charge in [0, 0.05) is 17.6 Å². The number of thiophene rings is 1. The van der Waals surface area contributed by atoms with E-state index in [1.807, 2.05) is 0 Å². The Morgan fingerprint density at radius 2 is 1.91 bits per heavy atom. The van der Waals surface area contributed by atoms with Gasteiger partial charge in [-0.3, -0.25) is 4.90 Å². The summed E-state index contributed by atoms with van der Waals surface area (Å²) < 4.78 is 6.24. The van der Waals surface area contributed by atoms with Crippen LogP contribution in [0.3, 0.4) is 0 Å². The van der Waals surface area contributed by atoms with Gasteiger partial charge in [0.1, 0.15) is 11.9 Å². The highest BCUT2D eigenvalue weighted by atomic mass is 32.1. The zero-order chi connectivity index (χ0) is 14.9. The molecule has 3 saturated heterocycles. The lowest BCUT2D eigenvalue weighted by Crippen LogP contribution is -2.52. The smallest absolute Gasteiger partial charge is 0.119 e. The van der Waals surface area contributed by atoms with Crippen LogP contribution in [0.2, 0.25) is 0 Å². The molecule has 2 bridgehead atoms. The zero-order valence-electron chi connectivity index (χ0n) is 12.9. The number of benzene rings is 1. The van der Waals surface area contributed by atoms with E-state index in [1.54, 1.807) is 11.3 Å². The highest BCUT2D eigenvalue weighted by Gasteiger charge is 2.35. The molecule has 1 atom stereocenters. The fourth-order valence-corrected chi connectivity index (χ4v) is 4.26. The molecule has 4 heterocycles. The minimum Gasteiger partial charge on any atom is -0.489 e. The average Bonchev–Trinajstić information content (AvgIpc) is 2.96. The Bertz CT molecular complexity index is 629. The van der Waals surface area contributed by atoms with Gasteiger partial charge in [0.2, 0.25) is 0 Å². The number of hydrogen-bond donors (Lipinski definition) is 1. The fraction of sp³-hybridized carbons (Fsp3) is 0.444. The molecule has 0 amide bonds. The third kappa shape index (κ3) is 2.85. The van der Waals surface area contributed by atoms with Crippen LogP contribution < -0.4 is 10.1 Å². The lowest BCUT2D eigenvalue weighted by atomic mass is 9.86. The summed E-state index contributed by atoms with van der Waals surface area (Å²) in [5, 5.41) is 7.76. The summed E-state index contributed by atoms with van der Waals surface area (Å²) in [5.41, 5.74) is 3.59. The maximum atomic E-state index is 6.24. The topological polar surface area (TPSA) is 24.5 Å². The predicted octanol–water partition coefficient (Wildman–Crippen LogP) is 4.27. The van der Waals surface area contributed by atoms with Crippen LogP contribution >= 0.6 is 11.3 Å². The number of ether oxygens (including phenoxy) is 1. The van der Waals surface area contributed by atoms with Crippen LogP contribution in [-0.4, -0.2) is 30.6 Å². The summed E-state index contributed by atoms with van der Waals surface area (Å²) >= 11 is 1.73. The Morgan fingerprint density at radius 3 is 2.50 bits per heavy atom. The van der Waals surface area contributed by atoms with Gasteiger partial charge in [0.25, 0.3) is 0 Å². The minimum absolute atomic E-state index is 0.375. The van der Waals surface area contributed by atoms with Crippen molar-refractivity contribution in [3.05, 3.63) is 40.6 Å². The van der Waals surface area contributed by atoms with E-state index in [4.69, 9.17) is 4.74 Å². The van der Waals surface area contributed by atoms with Crippen molar-refractivity contribution in [2.45, 2.75) is 25.9 Å². The first-order valence-electron chi connectivity index (χ1n) is 8.07. The maximum absolute atomic E-state index is 6.24. The molecule has 1 aromatic carbocycles. The van der Waals surface area contributed by atoms with Crippen LogP contribution in [0, 0.1) is 12.8 Å². The largest absolute Gasteiger partial charge is 0.489 e. The quantitative estimate of drug-likeness (QED) is 0.912. The zero-order valence-corrected chi connectivity index (χ0v) is 13.7. The van der Waals surface area contributed by atoms with Crippen LogP contribution in [0.1, 0.15) is 18.4 Å². The van der Waals surface area contributed by atoms with Crippen LogP contribution in [0.25, 0.3) is 0 Å². The van der Waals surface area contributed by atoms with Crippen molar-refractivity contribution in [2.75, 3.05) is 25.0 Å². The van der Waals surface area contributed by atoms with Crippen LogP contribution in [-0.2, 0) is 0 Å². The first-order valence-corrected chi connectivity index (χ1v) is 9.01. The normalized spacial score (nSPS) is 26.9. The molecule has 0 radical (unpaired) electrons. The van der Waals surface area contributed by atoms with E-state index in [2.05, 4.69) is 52.2 Å². The number of rotatable bonds is 4. The molecular weight excluding hydrogens is 292 g/mol. The van der Waals surface area contributed by atoms with Gasteiger partial charge < -0.3 is 10.1 Å². The molecule has 1 aromatic heterocycles. The minimum atomic E-state index is 0.375. The molecule has 0 spiro atoms. The average molecular weight is 314 g/mol. The van der Waals surface area contributed by atoms with Gasteiger partial charge in [0.15, 0.2) is 0 Å².